The van der Waals surface area contributed by atoms with Crippen molar-refractivity contribution < 1.29 is 4.79 Å². The van der Waals surface area contributed by atoms with Crippen molar-refractivity contribution in [3.05, 3.63) is 71.3 Å². The first kappa shape index (κ1) is 21.6. The lowest BCUT2D eigenvalue weighted by atomic mass is 10.1. The minimum absolute atomic E-state index is 0.172. The zero-order valence-corrected chi connectivity index (χ0v) is 18.4. The zero-order valence-electron chi connectivity index (χ0n) is 17.7. The predicted octanol–water partition coefficient (Wildman–Crippen LogP) is 4.57. The molecule has 0 aliphatic carbocycles. The number of nitrogens with two attached hydrogens (primary N) is 1. The summed E-state index contributed by atoms with van der Waals surface area (Å²) in [5.41, 5.74) is 9.89. The van der Waals surface area contributed by atoms with Gasteiger partial charge in [0.25, 0.3) is 5.91 Å². The van der Waals surface area contributed by atoms with E-state index in [2.05, 4.69) is 32.5 Å². The SMILES string of the molecule is CCCCNc1nc(Cl)nc2c1ncn2Cc1ccc(C(=O)Nc2ccccc2N)cc1. The van der Waals surface area contributed by atoms with Gasteiger partial charge in [0.05, 0.1) is 24.2 Å². The van der Waals surface area contributed by atoms with E-state index >= 15 is 0 Å². The molecule has 0 unspecified atom stereocenters. The molecule has 32 heavy (non-hydrogen) atoms. The number of carbonyl (C=O) groups is 1. The monoisotopic (exact) mass is 449 g/mol. The Morgan fingerprint density at radius 2 is 1.91 bits per heavy atom. The second-order valence-electron chi connectivity index (χ2n) is 7.40. The third-order valence-corrected chi connectivity index (χ3v) is 5.21. The van der Waals surface area contributed by atoms with E-state index in [1.54, 1.807) is 30.6 Å². The Balaban J connectivity index is 1.50. The molecule has 2 aromatic carbocycles. The van der Waals surface area contributed by atoms with Crippen LogP contribution in [0, 0.1) is 0 Å². The molecule has 2 heterocycles. The van der Waals surface area contributed by atoms with Crippen LogP contribution in [0.1, 0.15) is 35.7 Å². The summed E-state index contributed by atoms with van der Waals surface area (Å²) in [4.78, 5) is 25.6. The molecule has 0 spiro atoms. The summed E-state index contributed by atoms with van der Waals surface area (Å²) in [6.07, 6.45) is 3.83. The van der Waals surface area contributed by atoms with Crippen LogP contribution in [0.5, 0.6) is 0 Å². The lowest BCUT2D eigenvalue weighted by Gasteiger charge is -2.09. The smallest absolute Gasteiger partial charge is 0.255 e. The molecule has 4 N–H and O–H groups in total. The number of benzene rings is 2. The first-order valence-corrected chi connectivity index (χ1v) is 10.8. The summed E-state index contributed by atoms with van der Waals surface area (Å²) in [5, 5.41) is 6.29. The largest absolute Gasteiger partial charge is 0.397 e. The molecule has 8 nitrogen and oxygen atoms in total. The van der Waals surface area contributed by atoms with Gasteiger partial charge in [-0.2, -0.15) is 9.97 Å². The molecule has 4 aromatic rings. The summed E-state index contributed by atoms with van der Waals surface area (Å²) >= 11 is 6.15. The highest BCUT2D eigenvalue weighted by atomic mass is 35.5. The van der Waals surface area contributed by atoms with Gasteiger partial charge in [0.1, 0.15) is 0 Å². The number of hydrogen-bond donors (Lipinski definition) is 3. The Morgan fingerprint density at radius 3 is 2.66 bits per heavy atom. The predicted molar refractivity (Wildman–Crippen MR) is 128 cm³/mol. The van der Waals surface area contributed by atoms with Crippen LogP contribution in [-0.4, -0.2) is 32.0 Å². The van der Waals surface area contributed by atoms with E-state index < -0.39 is 0 Å². The number of unbranched alkanes of at least 4 members (excludes halogenated alkanes) is 1. The lowest BCUT2D eigenvalue weighted by Crippen LogP contribution is -2.13. The summed E-state index contributed by atoms with van der Waals surface area (Å²) < 4.78 is 1.91. The van der Waals surface area contributed by atoms with Crippen molar-refractivity contribution in [2.24, 2.45) is 0 Å². The van der Waals surface area contributed by atoms with E-state index in [1.807, 2.05) is 28.8 Å². The minimum Gasteiger partial charge on any atom is -0.397 e. The van der Waals surface area contributed by atoms with Crippen LogP contribution in [0.2, 0.25) is 5.28 Å². The number of nitrogens with one attached hydrogen (secondary N) is 2. The second-order valence-corrected chi connectivity index (χ2v) is 7.74. The molecule has 0 bridgehead atoms. The van der Waals surface area contributed by atoms with Crippen molar-refractivity contribution in [1.82, 2.24) is 19.5 Å². The number of fused-ring (bicyclic) bond motifs is 1. The molecular weight excluding hydrogens is 426 g/mol. The van der Waals surface area contributed by atoms with E-state index in [0.29, 0.717) is 40.5 Å². The van der Waals surface area contributed by atoms with Gasteiger partial charge in [-0.15, -0.1) is 0 Å². The van der Waals surface area contributed by atoms with Gasteiger partial charge < -0.3 is 20.9 Å². The highest BCUT2D eigenvalue weighted by Gasteiger charge is 2.13. The fourth-order valence-corrected chi connectivity index (χ4v) is 3.47. The third kappa shape index (κ3) is 4.81. The van der Waals surface area contributed by atoms with Crippen LogP contribution in [0.4, 0.5) is 17.2 Å². The number of anilines is 3. The van der Waals surface area contributed by atoms with Gasteiger partial charge in [0, 0.05) is 12.1 Å². The zero-order chi connectivity index (χ0) is 22.5. The van der Waals surface area contributed by atoms with Gasteiger partial charge in [-0.3, -0.25) is 4.79 Å². The quantitative estimate of drug-likeness (QED) is 0.206. The molecule has 2 aromatic heterocycles. The molecule has 0 aliphatic rings. The number of rotatable bonds is 8. The molecule has 0 atom stereocenters. The maximum absolute atomic E-state index is 12.5. The molecular formula is C23H24ClN7O. The van der Waals surface area contributed by atoms with Crippen LogP contribution < -0.4 is 16.4 Å². The first-order valence-electron chi connectivity index (χ1n) is 10.4. The van der Waals surface area contributed by atoms with Crippen molar-refractivity contribution in [1.29, 1.82) is 0 Å². The Bertz CT molecular complexity index is 1240. The van der Waals surface area contributed by atoms with Crippen molar-refractivity contribution >= 4 is 45.9 Å². The van der Waals surface area contributed by atoms with Gasteiger partial charge >= 0.3 is 0 Å². The van der Waals surface area contributed by atoms with Crippen LogP contribution in [0.15, 0.2) is 54.9 Å². The van der Waals surface area contributed by atoms with Crippen molar-refractivity contribution in [3.63, 3.8) is 0 Å². The number of amides is 1. The molecule has 1 amide bonds. The number of halogens is 1. The molecule has 0 radical (unpaired) electrons. The number of nitrogen functional groups attached to an aromatic ring is 1. The minimum atomic E-state index is -0.218. The second kappa shape index (κ2) is 9.65. The van der Waals surface area contributed by atoms with Gasteiger partial charge in [-0.25, -0.2) is 4.98 Å². The van der Waals surface area contributed by atoms with Crippen molar-refractivity contribution in [3.8, 4) is 0 Å². The maximum Gasteiger partial charge on any atom is 0.255 e. The highest BCUT2D eigenvalue weighted by Crippen LogP contribution is 2.22. The average molecular weight is 450 g/mol. The van der Waals surface area contributed by atoms with Gasteiger partial charge in [-0.05, 0) is 47.9 Å². The number of para-hydroxylation sites is 2. The Kier molecular flexibility index (Phi) is 6.51. The number of aromatic nitrogens is 4. The summed E-state index contributed by atoms with van der Waals surface area (Å²) in [6, 6.07) is 14.5. The molecule has 0 aliphatic heterocycles. The van der Waals surface area contributed by atoms with Gasteiger partial charge in [0.2, 0.25) is 5.28 Å². The molecule has 0 saturated carbocycles. The highest BCUT2D eigenvalue weighted by molar-refractivity contribution is 6.28. The van der Waals surface area contributed by atoms with E-state index in [1.165, 1.54) is 0 Å². The van der Waals surface area contributed by atoms with E-state index in [9.17, 15) is 4.79 Å². The van der Waals surface area contributed by atoms with Crippen LogP contribution >= 0.6 is 11.6 Å². The molecule has 164 valence electrons. The number of hydrogen-bond acceptors (Lipinski definition) is 6. The van der Waals surface area contributed by atoms with Gasteiger partial charge in [-0.1, -0.05) is 37.6 Å². The average Bonchev–Trinajstić information content (AvgIpc) is 3.18. The summed E-state index contributed by atoms with van der Waals surface area (Å²) in [6.45, 7) is 3.46. The summed E-state index contributed by atoms with van der Waals surface area (Å²) in [5.74, 6) is 0.421. The number of imidazole rings is 1. The Labute approximate surface area is 190 Å². The molecule has 0 saturated heterocycles. The fourth-order valence-electron chi connectivity index (χ4n) is 3.30. The normalized spacial score (nSPS) is 10.9. The molecule has 4 rings (SSSR count). The van der Waals surface area contributed by atoms with E-state index in [4.69, 9.17) is 17.3 Å². The topological polar surface area (TPSA) is 111 Å². The summed E-state index contributed by atoms with van der Waals surface area (Å²) in [7, 11) is 0. The first-order chi connectivity index (χ1) is 15.5. The molecule has 9 heteroatoms. The van der Waals surface area contributed by atoms with Crippen LogP contribution in [0.3, 0.4) is 0 Å². The number of nitrogens with zero attached hydrogens (tertiary/aromatic N) is 4. The van der Waals surface area contributed by atoms with Crippen molar-refractivity contribution in [2.45, 2.75) is 26.3 Å². The maximum atomic E-state index is 12.5. The fraction of sp³-hybridized carbons (Fsp3) is 0.217. The van der Waals surface area contributed by atoms with E-state index in [-0.39, 0.29) is 11.2 Å². The van der Waals surface area contributed by atoms with Gasteiger partial charge in [0.15, 0.2) is 17.0 Å². The lowest BCUT2D eigenvalue weighted by molar-refractivity contribution is 0.102. The van der Waals surface area contributed by atoms with E-state index in [0.717, 1.165) is 24.9 Å². The molecule has 0 fully saturated rings. The standard InChI is InChI=1S/C23H24ClN7O/c1-2-3-12-26-20-19-21(30-23(24)29-20)31(14-27-19)13-15-8-10-16(11-9-15)22(32)28-18-7-5-4-6-17(18)25/h4-11,14H,2-3,12-13,25H2,1H3,(H,28,32)(H,26,29,30). The number of carbonyl (C=O) groups excluding carboxylic acids is 1. The van der Waals surface area contributed by atoms with Crippen molar-refractivity contribution in [2.75, 3.05) is 22.9 Å². The van der Waals surface area contributed by atoms with Crippen LogP contribution in [-0.2, 0) is 6.54 Å². The van der Waals surface area contributed by atoms with Crippen LogP contribution in [0.25, 0.3) is 11.2 Å². The Morgan fingerprint density at radius 1 is 1.12 bits per heavy atom. The Hall–Kier alpha value is -3.65. The third-order valence-electron chi connectivity index (χ3n) is 5.04.